The van der Waals surface area contributed by atoms with Crippen molar-refractivity contribution in [3.63, 3.8) is 0 Å². The van der Waals surface area contributed by atoms with Gasteiger partial charge in [0.1, 0.15) is 6.04 Å². The summed E-state index contributed by atoms with van der Waals surface area (Å²) in [6, 6.07) is 8.41. The number of rotatable bonds is 3. The lowest BCUT2D eigenvalue weighted by Crippen LogP contribution is -2.47. The maximum atomic E-state index is 12.9. The number of carbonyl (C=O) groups is 2. The van der Waals surface area contributed by atoms with E-state index in [1.54, 1.807) is 23.1 Å². The van der Waals surface area contributed by atoms with E-state index in [0.29, 0.717) is 23.7 Å². The molecule has 136 valence electrons. The minimum absolute atomic E-state index is 0.0620. The van der Waals surface area contributed by atoms with E-state index in [1.165, 1.54) is 0 Å². The fourth-order valence-corrected chi connectivity index (χ4v) is 3.91. The van der Waals surface area contributed by atoms with Crippen LogP contribution in [0.15, 0.2) is 34.9 Å². The Bertz CT molecular complexity index is 829. The summed E-state index contributed by atoms with van der Waals surface area (Å²) in [6.07, 6.45) is 3.62. The molecular weight excluding hydrogens is 354 g/mol. The molecule has 4 rings (SSSR count). The third-order valence-electron chi connectivity index (χ3n) is 5.05. The van der Waals surface area contributed by atoms with Gasteiger partial charge in [-0.1, -0.05) is 28.9 Å². The zero-order chi connectivity index (χ0) is 18.1. The van der Waals surface area contributed by atoms with E-state index in [1.807, 2.05) is 17.0 Å². The molecule has 2 fully saturated rings. The van der Waals surface area contributed by atoms with Crippen LogP contribution in [0, 0.1) is 0 Å². The number of aromatic nitrogens is 1. The van der Waals surface area contributed by atoms with Crippen LogP contribution in [0.25, 0.3) is 11.3 Å². The fraction of sp³-hybridized carbons (Fsp3) is 0.421. The maximum absolute atomic E-state index is 12.9. The Kier molecular flexibility index (Phi) is 4.68. The van der Waals surface area contributed by atoms with E-state index in [4.69, 9.17) is 16.1 Å². The number of hydrogen-bond donors (Lipinski definition) is 0. The second-order valence-electron chi connectivity index (χ2n) is 6.78. The smallest absolute Gasteiger partial charge is 0.276 e. The average Bonchev–Trinajstić information content (AvgIpc) is 3.42. The van der Waals surface area contributed by atoms with Gasteiger partial charge in [0.15, 0.2) is 11.5 Å². The van der Waals surface area contributed by atoms with Crippen molar-refractivity contribution in [2.24, 2.45) is 0 Å². The first-order valence-corrected chi connectivity index (χ1v) is 9.34. The van der Waals surface area contributed by atoms with Crippen LogP contribution in [0.3, 0.4) is 0 Å². The quantitative estimate of drug-likeness (QED) is 0.828. The van der Waals surface area contributed by atoms with Gasteiger partial charge in [-0.2, -0.15) is 0 Å². The molecule has 3 heterocycles. The Morgan fingerprint density at radius 3 is 2.69 bits per heavy atom. The highest BCUT2D eigenvalue weighted by Gasteiger charge is 2.38. The predicted molar refractivity (Wildman–Crippen MR) is 96.8 cm³/mol. The van der Waals surface area contributed by atoms with E-state index >= 15 is 0 Å². The molecule has 0 aliphatic carbocycles. The van der Waals surface area contributed by atoms with Crippen LogP contribution in [0.2, 0.25) is 5.02 Å². The fourth-order valence-electron chi connectivity index (χ4n) is 3.72. The molecule has 0 bridgehead atoms. The zero-order valence-corrected chi connectivity index (χ0v) is 15.1. The monoisotopic (exact) mass is 373 g/mol. The molecule has 2 amide bonds. The number of nitrogens with zero attached hydrogens (tertiary/aromatic N) is 3. The molecule has 6 nitrogen and oxygen atoms in total. The first kappa shape index (κ1) is 17.1. The van der Waals surface area contributed by atoms with E-state index in [9.17, 15) is 9.59 Å². The molecule has 1 aromatic heterocycles. The second kappa shape index (κ2) is 7.11. The number of hydrogen-bond acceptors (Lipinski definition) is 4. The van der Waals surface area contributed by atoms with Crippen molar-refractivity contribution < 1.29 is 14.1 Å². The number of amides is 2. The normalized spacial score (nSPS) is 20.0. The maximum Gasteiger partial charge on any atom is 0.276 e. The van der Waals surface area contributed by atoms with E-state index in [0.717, 1.165) is 37.9 Å². The Hall–Kier alpha value is -2.34. The number of carbonyl (C=O) groups excluding carboxylic acids is 2. The number of likely N-dealkylation sites (tertiary alicyclic amines) is 2. The van der Waals surface area contributed by atoms with Crippen molar-refractivity contribution in [2.75, 3.05) is 19.6 Å². The standard InChI is InChI=1S/C19H20ClN3O3/c20-14-6-3-5-13(11-14)17-12-15(21-26-17)18(24)23-10-4-7-16(23)19(25)22-8-1-2-9-22/h3,5-6,11-12,16H,1-2,4,7-10H2. The van der Waals surface area contributed by atoms with Gasteiger partial charge in [-0.3, -0.25) is 9.59 Å². The van der Waals surface area contributed by atoms with Gasteiger partial charge in [-0.05, 0) is 37.8 Å². The Morgan fingerprint density at radius 1 is 1.12 bits per heavy atom. The van der Waals surface area contributed by atoms with E-state index < -0.39 is 0 Å². The minimum atomic E-state index is -0.382. The lowest BCUT2D eigenvalue weighted by atomic mass is 10.1. The van der Waals surface area contributed by atoms with Crippen molar-refractivity contribution in [3.8, 4) is 11.3 Å². The topological polar surface area (TPSA) is 66.7 Å². The highest BCUT2D eigenvalue weighted by molar-refractivity contribution is 6.30. The minimum Gasteiger partial charge on any atom is -0.355 e. The van der Waals surface area contributed by atoms with Gasteiger partial charge in [0.05, 0.1) is 0 Å². The summed E-state index contributed by atoms with van der Waals surface area (Å²) < 4.78 is 5.33. The zero-order valence-electron chi connectivity index (χ0n) is 14.4. The van der Waals surface area contributed by atoms with E-state index in [2.05, 4.69) is 5.16 Å². The molecule has 2 aliphatic rings. The molecule has 1 unspecified atom stereocenters. The van der Waals surface area contributed by atoms with Crippen LogP contribution in [0.5, 0.6) is 0 Å². The van der Waals surface area contributed by atoms with Gasteiger partial charge in [-0.15, -0.1) is 0 Å². The molecule has 2 aliphatic heterocycles. The number of benzene rings is 1. The Morgan fingerprint density at radius 2 is 1.92 bits per heavy atom. The summed E-state index contributed by atoms with van der Waals surface area (Å²) in [5, 5.41) is 4.51. The molecule has 1 aromatic carbocycles. The summed E-state index contributed by atoms with van der Waals surface area (Å²) >= 11 is 6.00. The van der Waals surface area contributed by atoms with Gasteiger partial charge >= 0.3 is 0 Å². The molecule has 0 spiro atoms. The van der Waals surface area contributed by atoms with Crippen LogP contribution < -0.4 is 0 Å². The lowest BCUT2D eigenvalue weighted by molar-refractivity contribution is -0.134. The van der Waals surface area contributed by atoms with Crippen molar-refractivity contribution in [2.45, 2.75) is 31.7 Å². The van der Waals surface area contributed by atoms with Crippen LogP contribution in [-0.2, 0) is 4.79 Å². The van der Waals surface area contributed by atoms with Gasteiger partial charge in [0.2, 0.25) is 5.91 Å². The molecule has 7 heteroatoms. The van der Waals surface area contributed by atoms with Crippen molar-refractivity contribution in [1.82, 2.24) is 15.0 Å². The van der Waals surface area contributed by atoms with Crippen molar-refractivity contribution in [3.05, 3.63) is 41.0 Å². The molecule has 2 saturated heterocycles. The molecule has 0 saturated carbocycles. The molecule has 0 radical (unpaired) electrons. The summed E-state index contributed by atoms with van der Waals surface area (Å²) in [5.41, 5.74) is 0.983. The van der Waals surface area contributed by atoms with Crippen LogP contribution in [0.1, 0.15) is 36.2 Å². The lowest BCUT2D eigenvalue weighted by Gasteiger charge is -2.27. The van der Waals surface area contributed by atoms with Gasteiger partial charge in [0.25, 0.3) is 5.91 Å². The molecule has 1 atom stereocenters. The average molecular weight is 374 g/mol. The van der Waals surface area contributed by atoms with Gasteiger partial charge in [0, 0.05) is 36.3 Å². The van der Waals surface area contributed by atoms with Crippen LogP contribution in [0.4, 0.5) is 0 Å². The van der Waals surface area contributed by atoms with Crippen molar-refractivity contribution in [1.29, 1.82) is 0 Å². The molecule has 26 heavy (non-hydrogen) atoms. The van der Waals surface area contributed by atoms with Gasteiger partial charge < -0.3 is 14.3 Å². The second-order valence-corrected chi connectivity index (χ2v) is 7.21. The number of halogens is 1. The van der Waals surface area contributed by atoms with Crippen LogP contribution >= 0.6 is 11.6 Å². The van der Waals surface area contributed by atoms with Crippen molar-refractivity contribution >= 4 is 23.4 Å². The third-order valence-corrected chi connectivity index (χ3v) is 5.29. The summed E-state index contributed by atoms with van der Waals surface area (Å²) in [5.74, 6) is 0.293. The van der Waals surface area contributed by atoms with Gasteiger partial charge in [-0.25, -0.2) is 0 Å². The largest absolute Gasteiger partial charge is 0.355 e. The van der Waals surface area contributed by atoms with E-state index in [-0.39, 0.29) is 23.6 Å². The summed E-state index contributed by atoms with van der Waals surface area (Å²) in [4.78, 5) is 29.1. The highest BCUT2D eigenvalue weighted by atomic mass is 35.5. The molecule has 0 N–H and O–H groups in total. The first-order chi connectivity index (χ1) is 12.6. The highest BCUT2D eigenvalue weighted by Crippen LogP contribution is 2.27. The summed E-state index contributed by atoms with van der Waals surface area (Å²) in [6.45, 7) is 2.16. The third kappa shape index (κ3) is 3.21. The predicted octanol–water partition coefficient (Wildman–Crippen LogP) is 3.22. The Labute approximate surface area is 156 Å². The van der Waals surface area contributed by atoms with Crippen LogP contribution in [-0.4, -0.2) is 52.4 Å². The molecule has 2 aromatic rings. The Balaban J connectivity index is 1.52. The molecular formula is C19H20ClN3O3. The SMILES string of the molecule is O=C(C1CCCN1C(=O)c1cc(-c2cccc(Cl)c2)on1)N1CCCC1. The summed E-state index contributed by atoms with van der Waals surface area (Å²) in [7, 11) is 0. The first-order valence-electron chi connectivity index (χ1n) is 8.96.